The fourth-order valence-corrected chi connectivity index (χ4v) is 2.19. The Kier molecular flexibility index (Phi) is 5.03. The third-order valence-electron chi connectivity index (χ3n) is 2.97. The van der Waals surface area contributed by atoms with Gasteiger partial charge in [0.15, 0.2) is 0 Å². The van der Waals surface area contributed by atoms with Crippen molar-refractivity contribution in [3.05, 3.63) is 0 Å². The first-order valence-corrected chi connectivity index (χ1v) is 5.67. The maximum Gasteiger partial charge on any atom is 0.0940 e. The highest BCUT2D eigenvalue weighted by molar-refractivity contribution is 4.89. The summed E-state index contributed by atoms with van der Waals surface area (Å²) in [6.07, 6.45) is 3.35. The maximum absolute atomic E-state index is 8.62. The first-order chi connectivity index (χ1) is 7.13. The minimum absolute atomic E-state index is 0.300. The van der Waals surface area contributed by atoms with Gasteiger partial charge < -0.3 is 10.6 Å². The first-order valence-electron chi connectivity index (χ1n) is 5.67. The molecule has 4 heteroatoms. The van der Waals surface area contributed by atoms with Gasteiger partial charge in [0.25, 0.3) is 0 Å². The highest BCUT2D eigenvalue weighted by Crippen LogP contribution is 2.17. The molecular weight excluding hydrogens is 188 g/mol. The van der Waals surface area contributed by atoms with Crippen LogP contribution < -0.4 is 5.73 Å². The van der Waals surface area contributed by atoms with Gasteiger partial charge in [-0.2, -0.15) is 5.26 Å². The Bertz CT molecular complexity index is 221. The van der Waals surface area contributed by atoms with E-state index in [1.807, 2.05) is 0 Å². The van der Waals surface area contributed by atoms with Crippen molar-refractivity contribution >= 4 is 0 Å². The van der Waals surface area contributed by atoms with E-state index in [1.165, 1.54) is 12.8 Å². The monoisotopic (exact) mass is 210 g/mol. The van der Waals surface area contributed by atoms with Gasteiger partial charge in [0.2, 0.25) is 0 Å². The standard InChI is InChI=1S/C11H22N4/c1-14(2)9-11-4-3-6-15(11)7-5-10(13)8-12/h10-11H,3-7,9,13H2,1-2H3. The highest BCUT2D eigenvalue weighted by Gasteiger charge is 2.24. The van der Waals surface area contributed by atoms with Crippen molar-refractivity contribution in [3.63, 3.8) is 0 Å². The lowest BCUT2D eigenvalue weighted by molar-refractivity contribution is 0.204. The topological polar surface area (TPSA) is 56.3 Å². The van der Waals surface area contributed by atoms with E-state index in [2.05, 4.69) is 30.0 Å². The molecule has 0 bridgehead atoms. The Morgan fingerprint density at radius 2 is 2.33 bits per heavy atom. The van der Waals surface area contributed by atoms with Crippen LogP contribution in [0.25, 0.3) is 0 Å². The lowest BCUT2D eigenvalue weighted by Gasteiger charge is -2.27. The second-order valence-corrected chi connectivity index (χ2v) is 4.62. The molecule has 0 radical (unpaired) electrons. The average Bonchev–Trinajstić information content (AvgIpc) is 2.61. The molecule has 1 aliphatic rings. The molecule has 2 N–H and O–H groups in total. The zero-order valence-electron chi connectivity index (χ0n) is 9.82. The second kappa shape index (κ2) is 6.06. The molecule has 1 heterocycles. The minimum Gasteiger partial charge on any atom is -0.316 e. The Hall–Kier alpha value is -0.630. The number of hydrogen-bond donors (Lipinski definition) is 1. The summed E-state index contributed by atoms with van der Waals surface area (Å²) in [6, 6.07) is 2.44. The molecule has 0 aliphatic carbocycles. The zero-order chi connectivity index (χ0) is 11.3. The van der Waals surface area contributed by atoms with Crippen LogP contribution in [0.4, 0.5) is 0 Å². The SMILES string of the molecule is CN(C)CC1CCCN1CCC(N)C#N. The minimum atomic E-state index is -0.300. The number of rotatable bonds is 5. The van der Waals surface area contributed by atoms with Gasteiger partial charge in [-0.1, -0.05) is 0 Å². The Labute approximate surface area is 92.6 Å². The van der Waals surface area contributed by atoms with Crippen molar-refractivity contribution in [1.82, 2.24) is 9.80 Å². The maximum atomic E-state index is 8.62. The molecule has 0 spiro atoms. The molecular formula is C11H22N4. The third-order valence-corrected chi connectivity index (χ3v) is 2.97. The summed E-state index contributed by atoms with van der Waals surface area (Å²) in [5.41, 5.74) is 5.60. The van der Waals surface area contributed by atoms with E-state index in [1.54, 1.807) is 0 Å². The molecule has 1 fully saturated rings. The van der Waals surface area contributed by atoms with E-state index in [-0.39, 0.29) is 6.04 Å². The summed E-state index contributed by atoms with van der Waals surface area (Å²) in [6.45, 7) is 3.24. The Morgan fingerprint density at radius 3 is 2.93 bits per heavy atom. The van der Waals surface area contributed by atoms with E-state index in [4.69, 9.17) is 11.0 Å². The summed E-state index contributed by atoms with van der Waals surface area (Å²) >= 11 is 0. The number of nitriles is 1. The molecule has 1 aliphatic heterocycles. The zero-order valence-corrected chi connectivity index (χ0v) is 9.82. The van der Waals surface area contributed by atoms with E-state index in [0.29, 0.717) is 6.04 Å². The van der Waals surface area contributed by atoms with Crippen molar-refractivity contribution < 1.29 is 0 Å². The number of likely N-dealkylation sites (N-methyl/N-ethyl adjacent to an activating group) is 1. The second-order valence-electron chi connectivity index (χ2n) is 4.62. The van der Waals surface area contributed by atoms with Crippen molar-refractivity contribution in [1.29, 1.82) is 5.26 Å². The van der Waals surface area contributed by atoms with E-state index >= 15 is 0 Å². The van der Waals surface area contributed by atoms with Gasteiger partial charge in [0.1, 0.15) is 0 Å². The molecule has 15 heavy (non-hydrogen) atoms. The van der Waals surface area contributed by atoms with Gasteiger partial charge in [-0.05, 0) is 39.9 Å². The third kappa shape index (κ3) is 4.17. The summed E-state index contributed by atoms with van der Waals surface area (Å²) in [4.78, 5) is 4.70. The van der Waals surface area contributed by atoms with Crippen LogP contribution >= 0.6 is 0 Å². The smallest absolute Gasteiger partial charge is 0.0940 e. The van der Waals surface area contributed by atoms with Gasteiger partial charge >= 0.3 is 0 Å². The molecule has 0 aromatic rings. The number of likely N-dealkylation sites (tertiary alicyclic amines) is 1. The van der Waals surface area contributed by atoms with Gasteiger partial charge in [-0.15, -0.1) is 0 Å². The van der Waals surface area contributed by atoms with Crippen LogP contribution in [-0.4, -0.2) is 55.6 Å². The summed E-state index contributed by atoms with van der Waals surface area (Å²) in [7, 11) is 4.22. The largest absolute Gasteiger partial charge is 0.316 e. The van der Waals surface area contributed by atoms with Crippen LogP contribution in [0.3, 0.4) is 0 Å². The summed E-state index contributed by atoms with van der Waals surface area (Å²) < 4.78 is 0. The lowest BCUT2D eigenvalue weighted by Crippen LogP contribution is -2.39. The molecule has 1 saturated heterocycles. The Balaban J connectivity index is 2.30. The van der Waals surface area contributed by atoms with Crippen LogP contribution in [0.15, 0.2) is 0 Å². The predicted octanol–water partition coefficient (Wildman–Crippen LogP) is 0.253. The fourth-order valence-electron chi connectivity index (χ4n) is 2.19. The number of nitrogens with two attached hydrogens (primary N) is 1. The molecule has 0 amide bonds. The van der Waals surface area contributed by atoms with Gasteiger partial charge in [-0.25, -0.2) is 0 Å². The van der Waals surface area contributed by atoms with Crippen molar-refractivity contribution in [2.45, 2.75) is 31.3 Å². The van der Waals surface area contributed by atoms with Crippen LogP contribution in [0, 0.1) is 11.3 Å². The fraction of sp³-hybridized carbons (Fsp3) is 0.909. The molecule has 2 unspecified atom stereocenters. The molecule has 86 valence electrons. The van der Waals surface area contributed by atoms with Gasteiger partial charge in [0.05, 0.1) is 12.1 Å². The normalized spacial score (nSPS) is 24.3. The highest BCUT2D eigenvalue weighted by atomic mass is 15.2. The molecule has 1 rings (SSSR count). The summed E-state index contributed by atoms with van der Waals surface area (Å²) in [5.74, 6) is 0. The van der Waals surface area contributed by atoms with Gasteiger partial charge in [-0.3, -0.25) is 4.90 Å². The lowest BCUT2D eigenvalue weighted by atomic mass is 10.2. The number of nitrogens with zero attached hydrogens (tertiary/aromatic N) is 3. The number of hydrogen-bond acceptors (Lipinski definition) is 4. The quantitative estimate of drug-likeness (QED) is 0.707. The van der Waals surface area contributed by atoms with E-state index in [9.17, 15) is 0 Å². The average molecular weight is 210 g/mol. The van der Waals surface area contributed by atoms with E-state index < -0.39 is 0 Å². The Morgan fingerprint density at radius 1 is 1.60 bits per heavy atom. The van der Waals surface area contributed by atoms with Crippen molar-refractivity contribution in [3.8, 4) is 6.07 Å². The molecule has 0 aromatic heterocycles. The van der Waals surface area contributed by atoms with Gasteiger partial charge in [0, 0.05) is 19.1 Å². The van der Waals surface area contributed by atoms with Crippen LogP contribution in [0.2, 0.25) is 0 Å². The first kappa shape index (κ1) is 12.4. The molecule has 4 nitrogen and oxygen atoms in total. The van der Waals surface area contributed by atoms with Crippen molar-refractivity contribution in [2.24, 2.45) is 5.73 Å². The molecule has 0 saturated carbocycles. The van der Waals surface area contributed by atoms with Crippen molar-refractivity contribution in [2.75, 3.05) is 33.7 Å². The molecule has 2 atom stereocenters. The van der Waals surface area contributed by atoms with Crippen LogP contribution in [-0.2, 0) is 0 Å². The van der Waals surface area contributed by atoms with Crippen LogP contribution in [0.1, 0.15) is 19.3 Å². The summed E-state index contributed by atoms with van der Waals surface area (Å²) in [5, 5.41) is 8.62. The van der Waals surface area contributed by atoms with E-state index in [0.717, 1.165) is 26.1 Å². The molecule has 0 aromatic carbocycles. The predicted molar refractivity (Wildman–Crippen MR) is 61.4 cm³/mol. The van der Waals surface area contributed by atoms with Crippen LogP contribution in [0.5, 0.6) is 0 Å².